The Labute approximate surface area is 170 Å². The first kappa shape index (κ1) is 22.3. The van der Waals surface area contributed by atoms with E-state index in [9.17, 15) is 14.4 Å². The fraction of sp³-hybridized carbons (Fsp3) is 0.550. The predicted octanol–water partition coefficient (Wildman–Crippen LogP) is 1.62. The van der Waals surface area contributed by atoms with Crippen LogP contribution in [0.5, 0.6) is 11.5 Å². The first-order chi connectivity index (χ1) is 13.9. The third-order valence-electron chi connectivity index (χ3n) is 4.82. The van der Waals surface area contributed by atoms with Gasteiger partial charge in [0.15, 0.2) is 11.5 Å². The highest BCUT2D eigenvalue weighted by atomic mass is 16.6. The summed E-state index contributed by atoms with van der Waals surface area (Å²) in [6.45, 7) is 4.82. The van der Waals surface area contributed by atoms with Crippen molar-refractivity contribution in [2.45, 2.75) is 38.8 Å². The molecular weight excluding hydrogens is 378 g/mol. The minimum absolute atomic E-state index is 0.157. The summed E-state index contributed by atoms with van der Waals surface area (Å²) in [5.74, 6) is -0.266. The van der Waals surface area contributed by atoms with E-state index in [0.717, 1.165) is 5.56 Å². The van der Waals surface area contributed by atoms with E-state index in [2.05, 4.69) is 10.6 Å². The molecule has 29 heavy (non-hydrogen) atoms. The molecule has 1 heterocycles. The highest BCUT2D eigenvalue weighted by Crippen LogP contribution is 2.29. The van der Waals surface area contributed by atoms with Crippen molar-refractivity contribution in [3.8, 4) is 11.5 Å². The number of ether oxygens (including phenoxy) is 3. The molecule has 1 unspecified atom stereocenters. The van der Waals surface area contributed by atoms with Gasteiger partial charge in [-0.3, -0.25) is 9.59 Å². The van der Waals surface area contributed by atoms with Gasteiger partial charge in [-0.15, -0.1) is 0 Å². The van der Waals surface area contributed by atoms with Crippen molar-refractivity contribution in [3.05, 3.63) is 23.8 Å². The quantitative estimate of drug-likeness (QED) is 0.694. The second-order valence-electron chi connectivity index (χ2n) is 6.74. The van der Waals surface area contributed by atoms with Crippen LogP contribution in [0, 0.1) is 0 Å². The van der Waals surface area contributed by atoms with Crippen LogP contribution in [0.2, 0.25) is 0 Å². The highest BCUT2D eigenvalue weighted by Gasteiger charge is 2.27. The molecule has 3 amide bonds. The Morgan fingerprint density at radius 3 is 2.34 bits per heavy atom. The number of likely N-dealkylation sites (tertiary alicyclic amines) is 1. The zero-order chi connectivity index (χ0) is 21.4. The van der Waals surface area contributed by atoms with Gasteiger partial charge in [-0.1, -0.05) is 6.07 Å². The largest absolute Gasteiger partial charge is 0.493 e. The van der Waals surface area contributed by atoms with Crippen LogP contribution in [-0.4, -0.2) is 62.8 Å². The third kappa shape index (κ3) is 6.00. The molecule has 1 aliphatic rings. The molecule has 0 spiro atoms. The summed E-state index contributed by atoms with van der Waals surface area (Å²) in [7, 11) is 3.08. The van der Waals surface area contributed by atoms with Crippen LogP contribution >= 0.6 is 0 Å². The molecule has 0 aromatic heterocycles. The number of hydrogen-bond acceptors (Lipinski definition) is 6. The van der Waals surface area contributed by atoms with E-state index in [1.165, 1.54) is 7.11 Å². The average Bonchev–Trinajstić information content (AvgIpc) is 2.73. The van der Waals surface area contributed by atoms with Gasteiger partial charge in [0.05, 0.1) is 26.9 Å². The lowest BCUT2D eigenvalue weighted by molar-refractivity contribution is -0.140. The van der Waals surface area contributed by atoms with Gasteiger partial charge in [-0.25, -0.2) is 4.79 Å². The van der Waals surface area contributed by atoms with Crippen molar-refractivity contribution in [2.24, 2.45) is 0 Å². The second kappa shape index (κ2) is 10.5. The van der Waals surface area contributed by atoms with Crippen molar-refractivity contribution in [1.82, 2.24) is 15.5 Å². The Hall–Kier alpha value is -2.97. The Bertz CT molecular complexity index is 731. The number of nitrogens with one attached hydrogen (secondary N) is 2. The molecule has 9 heteroatoms. The first-order valence-electron chi connectivity index (χ1n) is 9.64. The summed E-state index contributed by atoms with van der Waals surface area (Å²) in [6, 6.07) is 4.75. The summed E-state index contributed by atoms with van der Waals surface area (Å²) in [4.78, 5) is 37.8. The van der Waals surface area contributed by atoms with E-state index in [0.29, 0.717) is 44.0 Å². The van der Waals surface area contributed by atoms with E-state index in [1.54, 1.807) is 44.1 Å². The molecule has 1 fully saturated rings. The Kier molecular flexibility index (Phi) is 8.11. The molecule has 2 N–H and O–H groups in total. The van der Waals surface area contributed by atoms with E-state index in [1.807, 2.05) is 0 Å². The molecular formula is C20H29N3O6. The van der Waals surface area contributed by atoms with Crippen LogP contribution in [0.3, 0.4) is 0 Å². The normalized spacial score (nSPS) is 15.2. The number of methoxy groups -OCH3 is 2. The molecule has 1 aromatic carbocycles. The average molecular weight is 407 g/mol. The van der Waals surface area contributed by atoms with Crippen molar-refractivity contribution < 1.29 is 28.6 Å². The van der Waals surface area contributed by atoms with E-state index < -0.39 is 17.9 Å². The standard InChI is InChI=1S/C20H29N3O6/c1-5-29-20(26)23-10-8-15(9-11-23)22-19(25)18(24)21-13(2)14-6-7-16(27-3)17(12-14)28-4/h6-7,12-13,15H,5,8-11H2,1-4H3,(H,21,24)(H,22,25). The second-order valence-corrected chi connectivity index (χ2v) is 6.74. The van der Waals surface area contributed by atoms with Crippen LogP contribution in [0.15, 0.2) is 18.2 Å². The maximum Gasteiger partial charge on any atom is 0.409 e. The SMILES string of the molecule is CCOC(=O)N1CCC(NC(=O)C(=O)NC(C)c2ccc(OC)c(OC)c2)CC1. The molecule has 1 saturated heterocycles. The Morgan fingerprint density at radius 2 is 1.76 bits per heavy atom. The number of carbonyl (C=O) groups excluding carboxylic acids is 3. The molecule has 0 bridgehead atoms. The summed E-state index contributed by atoms with van der Waals surface area (Å²) < 4.78 is 15.4. The monoisotopic (exact) mass is 407 g/mol. The summed E-state index contributed by atoms with van der Waals surface area (Å²) >= 11 is 0. The number of benzene rings is 1. The number of carbonyl (C=O) groups is 3. The molecule has 0 radical (unpaired) electrons. The predicted molar refractivity (Wildman–Crippen MR) is 106 cm³/mol. The number of rotatable bonds is 6. The number of nitrogens with zero attached hydrogens (tertiary/aromatic N) is 1. The summed E-state index contributed by atoms with van der Waals surface area (Å²) in [6.07, 6.45) is 0.797. The van der Waals surface area contributed by atoms with Gasteiger partial charge in [-0.2, -0.15) is 0 Å². The van der Waals surface area contributed by atoms with Gasteiger partial charge < -0.3 is 29.7 Å². The van der Waals surface area contributed by atoms with Crippen molar-refractivity contribution in [2.75, 3.05) is 33.9 Å². The van der Waals surface area contributed by atoms with Gasteiger partial charge in [0.2, 0.25) is 0 Å². The summed E-state index contributed by atoms with van der Waals surface area (Å²) in [5.41, 5.74) is 0.784. The molecule has 160 valence electrons. The summed E-state index contributed by atoms with van der Waals surface area (Å²) in [5, 5.41) is 5.42. The molecule has 1 atom stereocenters. The third-order valence-corrected chi connectivity index (χ3v) is 4.82. The number of hydrogen-bond donors (Lipinski definition) is 2. The van der Waals surface area contributed by atoms with Crippen molar-refractivity contribution in [1.29, 1.82) is 0 Å². The van der Waals surface area contributed by atoms with Crippen molar-refractivity contribution >= 4 is 17.9 Å². The fourth-order valence-corrected chi connectivity index (χ4v) is 3.14. The molecule has 2 rings (SSSR count). The maximum atomic E-state index is 12.3. The smallest absolute Gasteiger partial charge is 0.409 e. The lowest BCUT2D eigenvalue weighted by Gasteiger charge is -2.31. The molecule has 0 aliphatic carbocycles. The minimum atomic E-state index is -0.708. The maximum absolute atomic E-state index is 12.3. The lowest BCUT2D eigenvalue weighted by atomic mass is 10.1. The van der Waals surface area contributed by atoms with Gasteiger partial charge in [0.25, 0.3) is 0 Å². The van der Waals surface area contributed by atoms with Crippen LogP contribution < -0.4 is 20.1 Å². The lowest BCUT2D eigenvalue weighted by Crippen LogP contribution is -2.50. The van der Waals surface area contributed by atoms with E-state index in [-0.39, 0.29) is 12.1 Å². The first-order valence-corrected chi connectivity index (χ1v) is 9.64. The Balaban J connectivity index is 1.85. The van der Waals surface area contributed by atoms with Crippen LogP contribution in [0.4, 0.5) is 4.79 Å². The van der Waals surface area contributed by atoms with Crippen molar-refractivity contribution in [3.63, 3.8) is 0 Å². The highest BCUT2D eigenvalue weighted by molar-refractivity contribution is 6.35. The topological polar surface area (TPSA) is 106 Å². The van der Waals surface area contributed by atoms with Crippen LogP contribution in [-0.2, 0) is 14.3 Å². The Morgan fingerprint density at radius 1 is 1.10 bits per heavy atom. The van der Waals surface area contributed by atoms with Gasteiger partial charge in [-0.05, 0) is 44.4 Å². The van der Waals surface area contributed by atoms with Gasteiger partial charge in [0.1, 0.15) is 0 Å². The molecule has 0 saturated carbocycles. The number of amides is 3. The zero-order valence-electron chi connectivity index (χ0n) is 17.3. The number of piperidine rings is 1. The minimum Gasteiger partial charge on any atom is -0.493 e. The van der Waals surface area contributed by atoms with Crippen LogP contribution in [0.1, 0.15) is 38.3 Å². The van der Waals surface area contributed by atoms with Crippen LogP contribution in [0.25, 0.3) is 0 Å². The van der Waals surface area contributed by atoms with Gasteiger partial charge in [0, 0.05) is 19.1 Å². The molecule has 9 nitrogen and oxygen atoms in total. The molecule has 1 aromatic rings. The van der Waals surface area contributed by atoms with E-state index >= 15 is 0 Å². The zero-order valence-corrected chi connectivity index (χ0v) is 17.3. The van der Waals surface area contributed by atoms with E-state index in [4.69, 9.17) is 14.2 Å². The molecule has 1 aliphatic heterocycles. The van der Waals surface area contributed by atoms with Gasteiger partial charge >= 0.3 is 17.9 Å². The fourth-order valence-electron chi connectivity index (χ4n) is 3.14.